The molecule has 1 aliphatic rings. The molecule has 0 aliphatic carbocycles. The van der Waals surface area contributed by atoms with Gasteiger partial charge in [-0.15, -0.1) is 0 Å². The van der Waals surface area contributed by atoms with Gasteiger partial charge in [-0.25, -0.2) is 0 Å². The molecular formula is C16H20N2O. The number of hydrogen-bond donors (Lipinski definition) is 2. The molecule has 19 heavy (non-hydrogen) atoms. The molecule has 3 rings (SSSR count). The maximum Gasteiger partial charge on any atom is 0.117 e. The van der Waals surface area contributed by atoms with Gasteiger partial charge in [0.25, 0.3) is 0 Å². The first-order chi connectivity index (χ1) is 9.33. The average Bonchev–Trinajstić information content (AvgIpc) is 3.06. The van der Waals surface area contributed by atoms with Crippen LogP contribution in [0.4, 0.5) is 0 Å². The van der Waals surface area contributed by atoms with Gasteiger partial charge >= 0.3 is 0 Å². The first-order valence-electron chi connectivity index (χ1n) is 6.90. The molecule has 0 amide bonds. The third-order valence-corrected chi connectivity index (χ3v) is 3.72. The number of furan rings is 1. The average molecular weight is 256 g/mol. The topological polar surface area (TPSA) is 37.2 Å². The molecule has 2 heterocycles. The van der Waals surface area contributed by atoms with Gasteiger partial charge in [0.2, 0.25) is 0 Å². The fourth-order valence-corrected chi connectivity index (χ4v) is 2.75. The van der Waals surface area contributed by atoms with Crippen LogP contribution >= 0.6 is 0 Å². The fourth-order valence-electron chi connectivity index (χ4n) is 2.75. The van der Waals surface area contributed by atoms with Crippen molar-refractivity contribution >= 4 is 0 Å². The first-order valence-corrected chi connectivity index (χ1v) is 6.90. The van der Waals surface area contributed by atoms with Gasteiger partial charge in [-0.3, -0.25) is 0 Å². The Hall–Kier alpha value is -1.58. The summed E-state index contributed by atoms with van der Waals surface area (Å²) in [6.45, 7) is 3.84. The smallest absolute Gasteiger partial charge is 0.117 e. The highest BCUT2D eigenvalue weighted by molar-refractivity contribution is 5.22. The second-order valence-electron chi connectivity index (χ2n) is 5.13. The minimum absolute atomic E-state index is 0.400. The van der Waals surface area contributed by atoms with E-state index in [1.54, 1.807) is 0 Å². The Morgan fingerprint density at radius 1 is 1.21 bits per heavy atom. The lowest BCUT2D eigenvalue weighted by molar-refractivity contribution is 0.410. The van der Waals surface area contributed by atoms with Gasteiger partial charge in [-0.05, 0) is 37.6 Å². The van der Waals surface area contributed by atoms with Crippen LogP contribution in [0.5, 0.6) is 0 Å². The number of hydrogen-bond acceptors (Lipinski definition) is 3. The molecule has 0 bridgehead atoms. The Bertz CT molecular complexity index is 521. The zero-order chi connectivity index (χ0) is 13.1. The van der Waals surface area contributed by atoms with E-state index < -0.39 is 0 Å². The van der Waals surface area contributed by atoms with E-state index in [9.17, 15) is 0 Å². The summed E-state index contributed by atoms with van der Waals surface area (Å²) in [6, 6.07) is 15.6. The highest BCUT2D eigenvalue weighted by Crippen LogP contribution is 2.23. The molecule has 0 spiro atoms. The Labute approximate surface area is 114 Å². The van der Waals surface area contributed by atoms with Gasteiger partial charge in [-0.2, -0.15) is 0 Å². The number of benzene rings is 1. The molecular weight excluding hydrogens is 236 g/mol. The normalized spacial score (nSPS) is 22.8. The Balaban J connectivity index is 1.64. The second-order valence-corrected chi connectivity index (χ2v) is 5.13. The zero-order valence-corrected chi connectivity index (χ0v) is 11.2. The predicted octanol–water partition coefficient (Wildman–Crippen LogP) is 2.78. The van der Waals surface area contributed by atoms with Gasteiger partial charge in [0.1, 0.15) is 11.5 Å². The Kier molecular flexibility index (Phi) is 3.67. The van der Waals surface area contributed by atoms with Crippen LogP contribution in [0.3, 0.4) is 0 Å². The minimum atomic E-state index is 0.400. The molecule has 1 saturated heterocycles. The molecule has 0 saturated carbocycles. The summed E-state index contributed by atoms with van der Waals surface area (Å²) in [5, 5.41) is 7.17. The van der Waals surface area contributed by atoms with Gasteiger partial charge < -0.3 is 15.1 Å². The van der Waals surface area contributed by atoms with E-state index in [4.69, 9.17) is 4.42 Å². The van der Waals surface area contributed by atoms with Crippen molar-refractivity contribution in [3.05, 3.63) is 59.5 Å². The van der Waals surface area contributed by atoms with Gasteiger partial charge in [0.05, 0.1) is 6.54 Å². The van der Waals surface area contributed by atoms with E-state index in [0.29, 0.717) is 12.1 Å². The van der Waals surface area contributed by atoms with Gasteiger partial charge in [-0.1, -0.05) is 30.3 Å². The molecule has 2 N–H and O–H groups in total. The van der Waals surface area contributed by atoms with E-state index in [1.165, 1.54) is 5.56 Å². The van der Waals surface area contributed by atoms with E-state index in [-0.39, 0.29) is 0 Å². The molecule has 1 fully saturated rings. The summed E-state index contributed by atoms with van der Waals surface area (Å²) in [5.41, 5.74) is 1.35. The zero-order valence-electron chi connectivity index (χ0n) is 11.2. The summed E-state index contributed by atoms with van der Waals surface area (Å²) in [7, 11) is 0. The van der Waals surface area contributed by atoms with E-state index in [1.807, 2.05) is 19.1 Å². The van der Waals surface area contributed by atoms with Crippen molar-refractivity contribution in [1.29, 1.82) is 0 Å². The number of nitrogens with one attached hydrogen (secondary N) is 2. The highest BCUT2D eigenvalue weighted by Gasteiger charge is 2.27. The SMILES string of the molecule is Cc1ccc(CNC2CCNC2c2ccccc2)o1. The quantitative estimate of drug-likeness (QED) is 0.883. The lowest BCUT2D eigenvalue weighted by atomic mass is 10.0. The van der Waals surface area contributed by atoms with E-state index in [0.717, 1.165) is 31.0 Å². The van der Waals surface area contributed by atoms with Crippen molar-refractivity contribution in [2.75, 3.05) is 6.54 Å². The highest BCUT2D eigenvalue weighted by atomic mass is 16.3. The van der Waals surface area contributed by atoms with Crippen LogP contribution < -0.4 is 10.6 Å². The summed E-state index contributed by atoms with van der Waals surface area (Å²) >= 11 is 0. The lowest BCUT2D eigenvalue weighted by Crippen LogP contribution is -2.33. The fraction of sp³-hybridized carbons (Fsp3) is 0.375. The maximum absolute atomic E-state index is 5.60. The molecule has 3 heteroatoms. The van der Waals surface area contributed by atoms with Crippen LogP contribution in [0.1, 0.15) is 29.5 Å². The van der Waals surface area contributed by atoms with E-state index >= 15 is 0 Å². The number of aryl methyl sites for hydroxylation is 1. The molecule has 1 aromatic heterocycles. The minimum Gasteiger partial charge on any atom is -0.465 e. The molecule has 0 radical (unpaired) electrons. The van der Waals surface area contributed by atoms with Crippen molar-refractivity contribution in [3.63, 3.8) is 0 Å². The van der Waals surface area contributed by atoms with Crippen molar-refractivity contribution in [1.82, 2.24) is 10.6 Å². The molecule has 1 aliphatic heterocycles. The standard InChI is InChI=1S/C16H20N2O/c1-12-7-8-14(19-12)11-18-15-9-10-17-16(15)13-5-3-2-4-6-13/h2-8,15-18H,9-11H2,1H3. The second kappa shape index (κ2) is 5.59. The summed E-state index contributed by atoms with van der Waals surface area (Å²) in [5.74, 6) is 1.98. The van der Waals surface area contributed by atoms with Crippen LogP contribution in [0.2, 0.25) is 0 Å². The van der Waals surface area contributed by atoms with Crippen LogP contribution in [-0.2, 0) is 6.54 Å². The molecule has 2 unspecified atom stereocenters. The molecule has 2 aromatic rings. The Morgan fingerprint density at radius 2 is 2.05 bits per heavy atom. The monoisotopic (exact) mass is 256 g/mol. The van der Waals surface area contributed by atoms with Gasteiger partial charge in [0.15, 0.2) is 0 Å². The molecule has 1 aromatic carbocycles. The van der Waals surface area contributed by atoms with Crippen molar-refractivity contribution in [2.24, 2.45) is 0 Å². The summed E-state index contributed by atoms with van der Waals surface area (Å²) < 4.78 is 5.60. The third-order valence-electron chi connectivity index (χ3n) is 3.72. The number of rotatable bonds is 4. The van der Waals surface area contributed by atoms with Crippen LogP contribution in [0.15, 0.2) is 46.9 Å². The molecule has 2 atom stereocenters. The predicted molar refractivity (Wildman–Crippen MR) is 75.9 cm³/mol. The molecule has 100 valence electrons. The van der Waals surface area contributed by atoms with Crippen LogP contribution in [0, 0.1) is 6.92 Å². The summed E-state index contributed by atoms with van der Waals surface area (Å²) in [6.07, 6.45) is 1.15. The van der Waals surface area contributed by atoms with Crippen LogP contribution in [0.25, 0.3) is 0 Å². The van der Waals surface area contributed by atoms with Crippen molar-refractivity contribution in [3.8, 4) is 0 Å². The summed E-state index contributed by atoms with van der Waals surface area (Å²) in [4.78, 5) is 0. The Morgan fingerprint density at radius 3 is 2.79 bits per heavy atom. The first kappa shape index (κ1) is 12.5. The van der Waals surface area contributed by atoms with Crippen molar-refractivity contribution < 1.29 is 4.42 Å². The van der Waals surface area contributed by atoms with Gasteiger partial charge in [0, 0.05) is 12.1 Å². The van der Waals surface area contributed by atoms with E-state index in [2.05, 4.69) is 41.0 Å². The lowest BCUT2D eigenvalue weighted by Gasteiger charge is -2.20. The largest absolute Gasteiger partial charge is 0.465 e. The van der Waals surface area contributed by atoms with Crippen LogP contribution in [-0.4, -0.2) is 12.6 Å². The maximum atomic E-state index is 5.60. The third kappa shape index (κ3) is 2.88. The molecule has 3 nitrogen and oxygen atoms in total. The van der Waals surface area contributed by atoms with Crippen molar-refractivity contribution in [2.45, 2.75) is 32.0 Å².